The predicted molar refractivity (Wildman–Crippen MR) is 119 cm³/mol. The van der Waals surface area contributed by atoms with Crippen LogP contribution in [0.2, 0.25) is 0 Å². The Morgan fingerprint density at radius 3 is 2.59 bits per heavy atom. The quantitative estimate of drug-likeness (QED) is 0.482. The summed E-state index contributed by atoms with van der Waals surface area (Å²) in [6, 6.07) is 11.7. The summed E-state index contributed by atoms with van der Waals surface area (Å²) in [6.45, 7) is 6.41. The molecular weight excluding hydrogens is 417 g/mol. The van der Waals surface area contributed by atoms with Crippen LogP contribution in [0.5, 0.6) is 0 Å². The number of H-pyrrole nitrogens is 1. The zero-order valence-electron chi connectivity index (χ0n) is 18.5. The highest BCUT2D eigenvalue weighted by Crippen LogP contribution is 2.48. The number of nitrogens with zero attached hydrogens (tertiary/aromatic N) is 2. The van der Waals surface area contributed by atoms with Crippen LogP contribution < -0.4 is 5.32 Å². The largest absolute Gasteiger partial charge is 0.416 e. The Hall–Kier alpha value is -2.87. The van der Waals surface area contributed by atoms with Gasteiger partial charge >= 0.3 is 6.18 Å². The second-order valence-electron chi connectivity index (χ2n) is 7.81. The van der Waals surface area contributed by atoms with Crippen molar-refractivity contribution in [1.82, 2.24) is 20.7 Å². The van der Waals surface area contributed by atoms with E-state index in [-0.39, 0.29) is 22.5 Å². The SMILES string of the molecule is CC.CC1CCC/C(=C\NCc2ccccc2)C1(O)c1cc(C(F)(F)F)cc2n[nH]nc12. The summed E-state index contributed by atoms with van der Waals surface area (Å²) in [5.74, 6) is -0.278. The van der Waals surface area contributed by atoms with Gasteiger partial charge in [0.2, 0.25) is 0 Å². The van der Waals surface area contributed by atoms with Crippen molar-refractivity contribution in [1.29, 1.82) is 0 Å². The lowest BCUT2D eigenvalue weighted by Gasteiger charge is -2.41. The topological polar surface area (TPSA) is 73.8 Å². The van der Waals surface area contributed by atoms with E-state index in [0.29, 0.717) is 25.0 Å². The van der Waals surface area contributed by atoms with Crippen molar-refractivity contribution < 1.29 is 18.3 Å². The monoisotopic (exact) mass is 446 g/mol. The first-order chi connectivity index (χ1) is 15.3. The van der Waals surface area contributed by atoms with E-state index in [1.54, 1.807) is 6.20 Å². The number of rotatable bonds is 4. The molecule has 172 valence electrons. The summed E-state index contributed by atoms with van der Waals surface area (Å²) in [5.41, 5.74) is -0.211. The maximum Gasteiger partial charge on any atom is 0.416 e. The van der Waals surface area contributed by atoms with Crippen LogP contribution in [0.4, 0.5) is 13.2 Å². The maximum absolute atomic E-state index is 13.5. The van der Waals surface area contributed by atoms with Crippen LogP contribution >= 0.6 is 0 Å². The van der Waals surface area contributed by atoms with Gasteiger partial charge in [-0.1, -0.05) is 51.1 Å². The minimum absolute atomic E-state index is 0.0858. The molecule has 32 heavy (non-hydrogen) atoms. The Morgan fingerprint density at radius 1 is 1.19 bits per heavy atom. The summed E-state index contributed by atoms with van der Waals surface area (Å²) in [4.78, 5) is 0. The number of benzene rings is 2. The highest BCUT2D eigenvalue weighted by atomic mass is 19.4. The zero-order chi connectivity index (χ0) is 23.4. The lowest BCUT2D eigenvalue weighted by atomic mass is 9.69. The van der Waals surface area contributed by atoms with Gasteiger partial charge < -0.3 is 10.4 Å². The number of hydrogen-bond acceptors (Lipinski definition) is 4. The van der Waals surface area contributed by atoms with Crippen LogP contribution in [-0.4, -0.2) is 20.5 Å². The Morgan fingerprint density at radius 2 is 1.91 bits per heavy atom. The van der Waals surface area contributed by atoms with Crippen molar-refractivity contribution in [3.8, 4) is 0 Å². The van der Waals surface area contributed by atoms with Gasteiger partial charge in [-0.15, -0.1) is 0 Å². The van der Waals surface area contributed by atoms with Crippen LogP contribution in [0.15, 0.2) is 54.2 Å². The molecule has 5 nitrogen and oxygen atoms in total. The van der Waals surface area contributed by atoms with Crippen LogP contribution in [0.3, 0.4) is 0 Å². The Labute approximate surface area is 185 Å². The summed E-state index contributed by atoms with van der Waals surface area (Å²) in [6.07, 6.45) is -0.677. The van der Waals surface area contributed by atoms with Gasteiger partial charge in [-0.2, -0.15) is 28.6 Å². The average molecular weight is 447 g/mol. The molecule has 4 rings (SSSR count). The molecular formula is C24H29F3N4O. The Bertz CT molecular complexity index is 1060. The number of aliphatic hydroxyl groups is 1. The first-order valence-corrected chi connectivity index (χ1v) is 10.9. The number of aromatic amines is 1. The first-order valence-electron chi connectivity index (χ1n) is 10.9. The predicted octanol–water partition coefficient (Wildman–Crippen LogP) is 5.68. The van der Waals surface area contributed by atoms with Crippen LogP contribution in [0, 0.1) is 5.92 Å². The minimum Gasteiger partial charge on any atom is -0.387 e. The van der Waals surface area contributed by atoms with E-state index >= 15 is 0 Å². The van der Waals surface area contributed by atoms with Gasteiger partial charge in [0.05, 0.1) is 5.56 Å². The van der Waals surface area contributed by atoms with Gasteiger partial charge in [0.15, 0.2) is 0 Å². The molecule has 3 aromatic rings. The van der Waals surface area contributed by atoms with Gasteiger partial charge in [-0.05, 0) is 54.6 Å². The van der Waals surface area contributed by atoms with Crippen LogP contribution in [-0.2, 0) is 18.3 Å². The molecule has 0 saturated heterocycles. The Balaban J connectivity index is 0.00000141. The molecule has 2 unspecified atom stereocenters. The summed E-state index contributed by atoms with van der Waals surface area (Å²) >= 11 is 0. The third-order valence-corrected chi connectivity index (χ3v) is 5.87. The van der Waals surface area contributed by atoms with Gasteiger partial charge in [0, 0.05) is 12.1 Å². The van der Waals surface area contributed by atoms with Crippen molar-refractivity contribution in [2.24, 2.45) is 5.92 Å². The van der Waals surface area contributed by atoms with Crippen molar-refractivity contribution >= 4 is 11.0 Å². The Kier molecular flexibility index (Phi) is 7.23. The number of hydrogen-bond donors (Lipinski definition) is 3. The summed E-state index contributed by atoms with van der Waals surface area (Å²) in [5, 5.41) is 25.3. The standard InChI is InChI=1S/C22H23F3N4O.C2H6/c1-14-6-5-9-16(13-26-12-15-7-3-2-4-8-15)21(14,30)18-10-17(22(23,24)25)11-19-20(18)28-29-27-19;1-2/h2-4,7-8,10-11,13-14,26,30H,5-6,9,12H2,1H3,(H,27,28,29);1-2H3/b16-13+;. The molecule has 2 aromatic carbocycles. The number of halogens is 3. The van der Waals surface area contributed by atoms with Crippen molar-refractivity contribution in [3.63, 3.8) is 0 Å². The van der Waals surface area contributed by atoms with Gasteiger partial charge in [-0.25, -0.2) is 0 Å². The number of alkyl halides is 3. The fourth-order valence-corrected chi connectivity index (χ4v) is 4.23. The molecule has 1 aromatic heterocycles. The number of fused-ring (bicyclic) bond motifs is 1. The van der Waals surface area contributed by atoms with Crippen molar-refractivity contribution in [2.75, 3.05) is 0 Å². The second-order valence-corrected chi connectivity index (χ2v) is 7.81. The molecule has 0 amide bonds. The number of aromatic nitrogens is 3. The molecule has 0 radical (unpaired) electrons. The van der Waals surface area contributed by atoms with E-state index < -0.39 is 17.3 Å². The molecule has 0 bridgehead atoms. The first kappa shape index (κ1) is 23.8. The molecule has 1 aliphatic carbocycles. The summed E-state index contributed by atoms with van der Waals surface area (Å²) in [7, 11) is 0. The molecule has 2 atom stereocenters. The molecule has 1 fully saturated rings. The lowest BCUT2D eigenvalue weighted by molar-refractivity contribution is -0.137. The van der Waals surface area contributed by atoms with Gasteiger partial charge in [0.1, 0.15) is 16.6 Å². The van der Waals surface area contributed by atoms with Crippen LogP contribution in [0.25, 0.3) is 11.0 Å². The maximum atomic E-state index is 13.5. The molecule has 8 heteroatoms. The van der Waals surface area contributed by atoms with E-state index in [2.05, 4.69) is 20.7 Å². The van der Waals surface area contributed by atoms with Gasteiger partial charge in [-0.3, -0.25) is 0 Å². The van der Waals surface area contributed by atoms with E-state index in [4.69, 9.17) is 0 Å². The van der Waals surface area contributed by atoms with Gasteiger partial charge in [0.25, 0.3) is 0 Å². The number of nitrogens with one attached hydrogen (secondary N) is 2. The zero-order valence-corrected chi connectivity index (χ0v) is 18.5. The highest BCUT2D eigenvalue weighted by molar-refractivity contribution is 5.80. The van der Waals surface area contributed by atoms with E-state index in [1.165, 1.54) is 0 Å². The fourth-order valence-electron chi connectivity index (χ4n) is 4.23. The third-order valence-electron chi connectivity index (χ3n) is 5.87. The summed E-state index contributed by atoms with van der Waals surface area (Å²) < 4.78 is 40.5. The smallest absolute Gasteiger partial charge is 0.387 e. The average Bonchev–Trinajstić information content (AvgIpc) is 3.26. The van der Waals surface area contributed by atoms with E-state index in [1.807, 2.05) is 51.1 Å². The molecule has 1 heterocycles. The molecule has 0 spiro atoms. The molecule has 1 saturated carbocycles. The second kappa shape index (κ2) is 9.73. The fraction of sp³-hybridized carbons (Fsp3) is 0.417. The highest BCUT2D eigenvalue weighted by Gasteiger charge is 2.45. The minimum atomic E-state index is -4.55. The van der Waals surface area contributed by atoms with E-state index in [9.17, 15) is 18.3 Å². The van der Waals surface area contributed by atoms with Crippen molar-refractivity contribution in [3.05, 3.63) is 70.9 Å². The normalized spacial score (nSPS) is 22.5. The lowest BCUT2D eigenvalue weighted by Crippen LogP contribution is -2.40. The van der Waals surface area contributed by atoms with Crippen molar-refractivity contribution in [2.45, 2.75) is 58.4 Å². The molecule has 1 aliphatic rings. The third kappa shape index (κ3) is 4.65. The van der Waals surface area contributed by atoms with Crippen LogP contribution in [0.1, 0.15) is 56.7 Å². The molecule has 0 aliphatic heterocycles. The molecule has 3 N–H and O–H groups in total. The van der Waals surface area contributed by atoms with E-state index in [0.717, 1.165) is 24.1 Å².